The third-order valence-corrected chi connectivity index (χ3v) is 4.25. The molecule has 0 radical (unpaired) electrons. The van der Waals surface area contributed by atoms with Crippen LogP contribution < -0.4 is 5.73 Å². The minimum Gasteiger partial charge on any atom is -0.376 e. The van der Waals surface area contributed by atoms with Crippen molar-refractivity contribution in [1.82, 2.24) is 0 Å². The van der Waals surface area contributed by atoms with Crippen LogP contribution in [-0.2, 0) is 4.74 Å². The Morgan fingerprint density at radius 2 is 1.82 bits per heavy atom. The second-order valence-corrected chi connectivity index (χ2v) is 5.34. The van der Waals surface area contributed by atoms with Crippen LogP contribution in [0, 0.1) is 5.92 Å². The first-order chi connectivity index (χ1) is 8.18. The molecule has 0 heterocycles. The summed E-state index contributed by atoms with van der Waals surface area (Å²) in [5.74, 6) is 0.807. The maximum absolute atomic E-state index is 6.44. The van der Waals surface area contributed by atoms with E-state index in [1.807, 2.05) is 18.2 Å². The Morgan fingerprint density at radius 1 is 1.24 bits per heavy atom. The normalized spacial score (nSPS) is 31.1. The lowest BCUT2D eigenvalue weighted by molar-refractivity contribution is -0.0672. The summed E-state index contributed by atoms with van der Waals surface area (Å²) in [4.78, 5) is 0. The molecule has 94 valence electrons. The van der Waals surface area contributed by atoms with Gasteiger partial charge in [-0.2, -0.15) is 0 Å². The number of methoxy groups -OCH3 is 1. The molecule has 0 aromatic heterocycles. The highest BCUT2D eigenvalue weighted by atomic mass is 16.5. The monoisotopic (exact) mass is 233 g/mol. The summed E-state index contributed by atoms with van der Waals surface area (Å²) in [6.07, 6.45) is 4.57. The molecule has 1 aliphatic rings. The van der Waals surface area contributed by atoms with E-state index in [1.165, 1.54) is 18.4 Å². The molecular formula is C15H23NO. The van der Waals surface area contributed by atoms with Crippen molar-refractivity contribution in [1.29, 1.82) is 0 Å². The Bertz CT molecular complexity index is 341. The average Bonchev–Trinajstić information content (AvgIpc) is 2.40. The van der Waals surface area contributed by atoms with Crippen LogP contribution in [0.1, 0.15) is 44.2 Å². The van der Waals surface area contributed by atoms with Gasteiger partial charge >= 0.3 is 0 Å². The SMILES string of the molecule is COC1(C(N)c2ccccc2)CCC(C)CC1. The fourth-order valence-electron chi connectivity index (χ4n) is 2.86. The van der Waals surface area contributed by atoms with Gasteiger partial charge in [0.2, 0.25) is 0 Å². The quantitative estimate of drug-likeness (QED) is 0.869. The minimum absolute atomic E-state index is 0.0128. The smallest absolute Gasteiger partial charge is 0.0870 e. The van der Waals surface area contributed by atoms with Gasteiger partial charge in [0.1, 0.15) is 0 Å². The van der Waals surface area contributed by atoms with E-state index >= 15 is 0 Å². The molecule has 2 N–H and O–H groups in total. The molecule has 17 heavy (non-hydrogen) atoms. The molecule has 1 saturated carbocycles. The molecule has 1 aliphatic carbocycles. The Balaban J connectivity index is 2.18. The van der Waals surface area contributed by atoms with Gasteiger partial charge in [-0.1, -0.05) is 37.3 Å². The highest BCUT2D eigenvalue weighted by Gasteiger charge is 2.40. The standard InChI is InChI=1S/C15H23NO/c1-12-8-10-15(17-2,11-9-12)14(16)13-6-4-3-5-7-13/h3-7,12,14H,8-11,16H2,1-2H3. The van der Waals surface area contributed by atoms with Crippen molar-refractivity contribution in [2.45, 2.75) is 44.2 Å². The molecule has 0 aliphatic heterocycles. The topological polar surface area (TPSA) is 35.2 Å². The van der Waals surface area contributed by atoms with Gasteiger partial charge in [-0.3, -0.25) is 0 Å². The van der Waals surface area contributed by atoms with Crippen molar-refractivity contribution in [3.63, 3.8) is 0 Å². The van der Waals surface area contributed by atoms with Crippen molar-refractivity contribution in [2.75, 3.05) is 7.11 Å². The first-order valence-electron chi connectivity index (χ1n) is 6.53. The molecule has 1 fully saturated rings. The zero-order valence-corrected chi connectivity index (χ0v) is 10.9. The van der Waals surface area contributed by atoms with E-state index in [0.29, 0.717) is 0 Å². The van der Waals surface area contributed by atoms with Gasteiger partial charge in [-0.15, -0.1) is 0 Å². The van der Waals surface area contributed by atoms with Gasteiger partial charge in [0.25, 0.3) is 0 Å². The molecule has 1 atom stereocenters. The van der Waals surface area contributed by atoms with Gasteiger partial charge in [0.05, 0.1) is 11.6 Å². The van der Waals surface area contributed by atoms with Crippen molar-refractivity contribution < 1.29 is 4.74 Å². The van der Waals surface area contributed by atoms with Gasteiger partial charge in [0, 0.05) is 7.11 Å². The molecule has 2 nitrogen and oxygen atoms in total. The predicted molar refractivity (Wildman–Crippen MR) is 70.7 cm³/mol. The number of nitrogens with two attached hydrogens (primary N) is 1. The van der Waals surface area contributed by atoms with Crippen molar-refractivity contribution in [3.05, 3.63) is 35.9 Å². The molecule has 0 saturated heterocycles. The van der Waals surface area contributed by atoms with Crippen LogP contribution in [0.25, 0.3) is 0 Å². The minimum atomic E-state index is -0.159. The molecule has 1 unspecified atom stereocenters. The fraction of sp³-hybridized carbons (Fsp3) is 0.600. The second kappa shape index (κ2) is 5.19. The predicted octanol–water partition coefficient (Wildman–Crippen LogP) is 3.28. The van der Waals surface area contributed by atoms with Crippen molar-refractivity contribution in [3.8, 4) is 0 Å². The third-order valence-electron chi connectivity index (χ3n) is 4.25. The summed E-state index contributed by atoms with van der Waals surface area (Å²) in [6.45, 7) is 2.31. The van der Waals surface area contributed by atoms with E-state index in [9.17, 15) is 0 Å². The number of hydrogen-bond donors (Lipinski definition) is 1. The lowest BCUT2D eigenvalue weighted by atomic mass is 9.74. The maximum Gasteiger partial charge on any atom is 0.0870 e. The highest BCUT2D eigenvalue weighted by molar-refractivity contribution is 5.22. The summed E-state index contributed by atoms with van der Waals surface area (Å²) in [5.41, 5.74) is 7.46. The molecular weight excluding hydrogens is 210 g/mol. The number of rotatable bonds is 3. The lowest BCUT2D eigenvalue weighted by Crippen LogP contribution is -2.45. The molecule has 2 heteroatoms. The second-order valence-electron chi connectivity index (χ2n) is 5.34. The first kappa shape index (κ1) is 12.6. The van der Waals surface area contributed by atoms with Crippen LogP contribution in [0.4, 0.5) is 0 Å². The van der Waals surface area contributed by atoms with Gasteiger partial charge in [0.15, 0.2) is 0 Å². The molecule has 2 rings (SSSR count). The van der Waals surface area contributed by atoms with Crippen LogP contribution in [0.3, 0.4) is 0 Å². The van der Waals surface area contributed by atoms with E-state index in [1.54, 1.807) is 7.11 Å². The molecule has 0 spiro atoms. The Morgan fingerprint density at radius 3 is 2.35 bits per heavy atom. The lowest BCUT2D eigenvalue weighted by Gasteiger charge is -2.42. The summed E-state index contributed by atoms with van der Waals surface area (Å²) < 4.78 is 5.82. The zero-order chi connectivity index (χ0) is 12.3. The number of benzene rings is 1. The van der Waals surface area contributed by atoms with Crippen LogP contribution in [0.15, 0.2) is 30.3 Å². The van der Waals surface area contributed by atoms with Crippen LogP contribution in [0.2, 0.25) is 0 Å². The van der Waals surface area contributed by atoms with Crippen molar-refractivity contribution in [2.24, 2.45) is 11.7 Å². The van der Waals surface area contributed by atoms with Gasteiger partial charge < -0.3 is 10.5 Å². The Hall–Kier alpha value is -0.860. The van der Waals surface area contributed by atoms with Gasteiger partial charge in [-0.25, -0.2) is 0 Å². The summed E-state index contributed by atoms with van der Waals surface area (Å²) in [5, 5.41) is 0. The average molecular weight is 233 g/mol. The summed E-state index contributed by atoms with van der Waals surface area (Å²) in [7, 11) is 1.80. The zero-order valence-electron chi connectivity index (χ0n) is 10.9. The van der Waals surface area contributed by atoms with Crippen LogP contribution >= 0.6 is 0 Å². The third kappa shape index (κ3) is 2.53. The highest BCUT2D eigenvalue weighted by Crippen LogP contribution is 2.41. The molecule has 0 bridgehead atoms. The van der Waals surface area contributed by atoms with E-state index in [4.69, 9.17) is 10.5 Å². The van der Waals surface area contributed by atoms with Crippen LogP contribution in [-0.4, -0.2) is 12.7 Å². The molecule has 0 amide bonds. The van der Waals surface area contributed by atoms with E-state index in [2.05, 4.69) is 19.1 Å². The van der Waals surface area contributed by atoms with Crippen molar-refractivity contribution >= 4 is 0 Å². The first-order valence-corrected chi connectivity index (χ1v) is 6.53. The van der Waals surface area contributed by atoms with E-state index < -0.39 is 0 Å². The van der Waals surface area contributed by atoms with E-state index in [-0.39, 0.29) is 11.6 Å². The number of hydrogen-bond acceptors (Lipinski definition) is 2. The van der Waals surface area contributed by atoms with Gasteiger partial charge in [-0.05, 0) is 37.2 Å². The fourth-order valence-corrected chi connectivity index (χ4v) is 2.86. The van der Waals surface area contributed by atoms with E-state index in [0.717, 1.165) is 18.8 Å². The Kier molecular flexibility index (Phi) is 3.85. The summed E-state index contributed by atoms with van der Waals surface area (Å²) >= 11 is 0. The maximum atomic E-state index is 6.44. The Labute approximate surface area is 104 Å². The van der Waals surface area contributed by atoms with Crippen LogP contribution in [0.5, 0.6) is 0 Å². The largest absolute Gasteiger partial charge is 0.376 e. The molecule has 1 aromatic rings. The summed E-state index contributed by atoms with van der Waals surface area (Å²) in [6, 6.07) is 10.3. The number of ether oxygens (including phenoxy) is 1. The molecule has 1 aromatic carbocycles.